The van der Waals surface area contributed by atoms with Crippen molar-refractivity contribution in [2.24, 2.45) is 0 Å². The Kier molecular flexibility index (Phi) is 3.22. The molecule has 1 aromatic carbocycles. The third-order valence-electron chi connectivity index (χ3n) is 2.53. The zero-order valence-corrected chi connectivity index (χ0v) is 9.41. The molecule has 0 aliphatic carbocycles. The molecule has 4 heteroatoms. The summed E-state index contributed by atoms with van der Waals surface area (Å²) >= 11 is 1.64. The van der Waals surface area contributed by atoms with E-state index in [2.05, 4.69) is 0 Å². The van der Waals surface area contributed by atoms with Crippen molar-refractivity contribution in [1.29, 1.82) is 0 Å². The topological polar surface area (TPSA) is 57.5 Å². The number of carboxylic acid groups (broad SMARTS) is 1. The van der Waals surface area contributed by atoms with Gasteiger partial charge in [0, 0.05) is 4.70 Å². The Hall–Kier alpha value is -1.39. The van der Waals surface area contributed by atoms with Gasteiger partial charge in [-0.25, -0.2) is 4.79 Å². The van der Waals surface area contributed by atoms with Crippen LogP contribution in [0.15, 0.2) is 29.6 Å². The lowest BCUT2D eigenvalue weighted by atomic mass is 10.1. The van der Waals surface area contributed by atoms with Gasteiger partial charge in [0.15, 0.2) is 6.10 Å². The van der Waals surface area contributed by atoms with E-state index in [1.807, 2.05) is 29.6 Å². The third-order valence-corrected chi connectivity index (χ3v) is 3.55. The number of rotatable bonds is 4. The molecule has 1 atom stereocenters. The average Bonchev–Trinajstić information content (AvgIpc) is 2.69. The largest absolute Gasteiger partial charge is 0.479 e. The van der Waals surface area contributed by atoms with Gasteiger partial charge in [-0.1, -0.05) is 18.2 Å². The molecule has 3 nitrogen and oxygen atoms in total. The van der Waals surface area contributed by atoms with Gasteiger partial charge in [-0.15, -0.1) is 11.3 Å². The number of aliphatic hydroxyl groups excluding tert-OH is 1. The van der Waals surface area contributed by atoms with Gasteiger partial charge < -0.3 is 10.2 Å². The van der Waals surface area contributed by atoms with Crippen molar-refractivity contribution < 1.29 is 15.0 Å². The number of thiophene rings is 1. The summed E-state index contributed by atoms with van der Waals surface area (Å²) in [5, 5.41) is 21.0. The molecule has 0 aliphatic rings. The number of carbonyl (C=O) groups is 1. The van der Waals surface area contributed by atoms with Crippen LogP contribution in [-0.2, 0) is 11.2 Å². The molecule has 1 aromatic heterocycles. The van der Waals surface area contributed by atoms with Gasteiger partial charge in [-0.05, 0) is 35.2 Å². The molecule has 1 heterocycles. The molecule has 2 rings (SSSR count). The second-order valence-corrected chi connectivity index (χ2v) is 4.56. The summed E-state index contributed by atoms with van der Waals surface area (Å²) in [5.41, 5.74) is 1.11. The molecule has 0 bridgehead atoms. The summed E-state index contributed by atoms with van der Waals surface area (Å²) in [6.07, 6.45) is -0.410. The van der Waals surface area contributed by atoms with E-state index in [1.54, 1.807) is 11.3 Å². The third kappa shape index (κ3) is 2.23. The molecule has 2 N–H and O–H groups in total. The lowest BCUT2D eigenvalue weighted by Gasteiger charge is -2.04. The first-order chi connectivity index (χ1) is 7.68. The maximum atomic E-state index is 10.5. The van der Waals surface area contributed by atoms with Crippen LogP contribution in [0.1, 0.15) is 12.0 Å². The summed E-state index contributed by atoms with van der Waals surface area (Å²) in [4.78, 5) is 10.5. The average molecular weight is 236 g/mol. The van der Waals surface area contributed by atoms with Gasteiger partial charge in [0.2, 0.25) is 0 Å². The highest BCUT2D eigenvalue weighted by atomic mass is 32.1. The number of aliphatic carboxylic acids is 1. The second-order valence-electron chi connectivity index (χ2n) is 3.65. The number of carboxylic acids is 1. The fourth-order valence-corrected chi connectivity index (χ4v) is 2.64. The highest BCUT2D eigenvalue weighted by molar-refractivity contribution is 7.17. The molecule has 16 heavy (non-hydrogen) atoms. The van der Waals surface area contributed by atoms with Crippen molar-refractivity contribution in [2.45, 2.75) is 18.9 Å². The van der Waals surface area contributed by atoms with Crippen molar-refractivity contribution in [1.82, 2.24) is 0 Å². The van der Waals surface area contributed by atoms with Crippen LogP contribution in [0.25, 0.3) is 10.1 Å². The Morgan fingerprint density at radius 2 is 2.12 bits per heavy atom. The maximum Gasteiger partial charge on any atom is 0.332 e. The number of benzene rings is 1. The van der Waals surface area contributed by atoms with Crippen LogP contribution in [-0.4, -0.2) is 22.3 Å². The van der Waals surface area contributed by atoms with Crippen molar-refractivity contribution in [2.75, 3.05) is 0 Å². The Morgan fingerprint density at radius 3 is 2.88 bits per heavy atom. The van der Waals surface area contributed by atoms with Crippen LogP contribution >= 0.6 is 11.3 Å². The molecule has 2 aromatic rings. The van der Waals surface area contributed by atoms with Crippen molar-refractivity contribution in [3.63, 3.8) is 0 Å². The first-order valence-electron chi connectivity index (χ1n) is 5.04. The van der Waals surface area contributed by atoms with Gasteiger partial charge in [-0.2, -0.15) is 0 Å². The molecular formula is C12H12O3S. The Labute approximate surface area is 97.0 Å². The molecule has 84 valence electrons. The van der Waals surface area contributed by atoms with E-state index in [9.17, 15) is 9.90 Å². The predicted molar refractivity (Wildman–Crippen MR) is 63.8 cm³/mol. The van der Waals surface area contributed by atoms with E-state index >= 15 is 0 Å². The maximum absolute atomic E-state index is 10.5. The first-order valence-corrected chi connectivity index (χ1v) is 5.92. The van der Waals surface area contributed by atoms with Gasteiger partial charge in [-0.3, -0.25) is 0 Å². The molecule has 0 fully saturated rings. The van der Waals surface area contributed by atoms with Crippen LogP contribution in [0.5, 0.6) is 0 Å². The lowest BCUT2D eigenvalue weighted by Crippen LogP contribution is -2.19. The Balaban J connectivity index is 2.13. The minimum Gasteiger partial charge on any atom is -0.479 e. The number of aryl methyl sites for hydroxylation is 1. The van der Waals surface area contributed by atoms with E-state index in [0.29, 0.717) is 6.42 Å². The standard InChI is InChI=1S/C12H12O3S/c13-10(12(14)15)6-5-8-7-16-11-4-2-1-3-9(8)11/h1-4,7,10,13H,5-6H2,(H,14,15). The Bertz CT molecular complexity index is 504. The van der Waals surface area contributed by atoms with Crippen molar-refractivity contribution in [3.8, 4) is 0 Å². The fourth-order valence-electron chi connectivity index (χ4n) is 1.64. The quantitative estimate of drug-likeness (QED) is 0.856. The summed E-state index contributed by atoms with van der Waals surface area (Å²) in [7, 11) is 0. The van der Waals surface area contributed by atoms with Crippen LogP contribution in [0.3, 0.4) is 0 Å². The SMILES string of the molecule is O=C(O)C(O)CCc1csc2ccccc12. The van der Waals surface area contributed by atoms with E-state index in [1.165, 1.54) is 4.70 Å². The zero-order chi connectivity index (χ0) is 11.5. The summed E-state index contributed by atoms with van der Waals surface area (Å²) in [6, 6.07) is 8.01. The molecular weight excluding hydrogens is 224 g/mol. The van der Waals surface area contributed by atoms with Crippen molar-refractivity contribution >= 4 is 27.4 Å². The highest BCUT2D eigenvalue weighted by Gasteiger charge is 2.13. The summed E-state index contributed by atoms with van der Waals surface area (Å²) < 4.78 is 1.20. The predicted octanol–water partition coefficient (Wildman–Crippen LogP) is 2.28. The number of hydrogen-bond donors (Lipinski definition) is 2. The Morgan fingerprint density at radius 1 is 1.38 bits per heavy atom. The van der Waals surface area contributed by atoms with Gasteiger partial charge in [0.1, 0.15) is 0 Å². The lowest BCUT2D eigenvalue weighted by molar-refractivity contribution is -0.146. The minimum absolute atomic E-state index is 0.260. The van der Waals surface area contributed by atoms with E-state index in [-0.39, 0.29) is 6.42 Å². The van der Waals surface area contributed by atoms with Gasteiger partial charge >= 0.3 is 5.97 Å². The first kappa shape index (κ1) is 11.1. The smallest absolute Gasteiger partial charge is 0.332 e. The summed E-state index contributed by atoms with van der Waals surface area (Å²) in [5.74, 6) is -1.15. The molecule has 0 radical (unpaired) electrons. The normalized spacial score (nSPS) is 12.8. The fraction of sp³-hybridized carbons (Fsp3) is 0.250. The van der Waals surface area contributed by atoms with Crippen molar-refractivity contribution in [3.05, 3.63) is 35.2 Å². The number of fused-ring (bicyclic) bond motifs is 1. The molecule has 1 unspecified atom stereocenters. The molecule has 0 saturated heterocycles. The molecule has 0 saturated carbocycles. The van der Waals surface area contributed by atoms with Crippen LogP contribution in [0, 0.1) is 0 Å². The van der Waals surface area contributed by atoms with Crippen LogP contribution < -0.4 is 0 Å². The molecule has 0 aliphatic heterocycles. The van der Waals surface area contributed by atoms with E-state index in [4.69, 9.17) is 5.11 Å². The minimum atomic E-state index is -1.27. The number of hydrogen-bond acceptors (Lipinski definition) is 3. The summed E-state index contributed by atoms with van der Waals surface area (Å²) in [6.45, 7) is 0. The van der Waals surface area contributed by atoms with Crippen LogP contribution in [0.4, 0.5) is 0 Å². The number of aliphatic hydroxyl groups is 1. The van der Waals surface area contributed by atoms with Gasteiger partial charge in [0.25, 0.3) is 0 Å². The monoisotopic (exact) mass is 236 g/mol. The molecule has 0 spiro atoms. The van der Waals surface area contributed by atoms with Gasteiger partial charge in [0.05, 0.1) is 0 Å². The van der Waals surface area contributed by atoms with E-state index < -0.39 is 12.1 Å². The van der Waals surface area contributed by atoms with Crippen LogP contribution in [0.2, 0.25) is 0 Å². The second kappa shape index (κ2) is 4.63. The van der Waals surface area contributed by atoms with E-state index in [0.717, 1.165) is 10.9 Å². The molecule has 0 amide bonds. The zero-order valence-electron chi connectivity index (χ0n) is 8.59. The highest BCUT2D eigenvalue weighted by Crippen LogP contribution is 2.26.